The van der Waals surface area contributed by atoms with E-state index >= 15 is 8.78 Å². The summed E-state index contributed by atoms with van der Waals surface area (Å²) in [7, 11) is 0. The summed E-state index contributed by atoms with van der Waals surface area (Å²) in [4.78, 5) is 63.5. The summed E-state index contributed by atoms with van der Waals surface area (Å²) in [5.41, 5.74) is 2.13. The van der Waals surface area contributed by atoms with Gasteiger partial charge in [0.2, 0.25) is 29.6 Å². The smallest absolute Gasteiger partial charge is 0.249 e. The van der Waals surface area contributed by atoms with E-state index in [0.29, 0.717) is 55.2 Å². The fourth-order valence-corrected chi connectivity index (χ4v) is 9.85. The Kier molecular flexibility index (Phi) is 12.0. The molecule has 308 valence electrons. The molecule has 12 nitrogen and oxygen atoms in total. The molecule has 1 aromatic heterocycles. The fourth-order valence-electron chi connectivity index (χ4n) is 9.85. The first-order valence-corrected chi connectivity index (χ1v) is 21.3. The van der Waals surface area contributed by atoms with Gasteiger partial charge in [0.1, 0.15) is 23.1 Å². The largest absolute Gasteiger partial charge is 0.374 e. The number of nitrogens with one attached hydrogen (secondary N) is 4. The molecule has 2 saturated carbocycles. The van der Waals surface area contributed by atoms with Gasteiger partial charge in [0.25, 0.3) is 0 Å². The van der Waals surface area contributed by atoms with Gasteiger partial charge in [0.05, 0.1) is 6.20 Å². The molecule has 0 spiro atoms. The zero-order valence-corrected chi connectivity index (χ0v) is 33.0. The van der Waals surface area contributed by atoms with Gasteiger partial charge in [-0.3, -0.25) is 29.4 Å². The zero-order chi connectivity index (χ0) is 40.2. The third-order valence-corrected chi connectivity index (χ3v) is 13.1. The number of aromatic nitrogens is 2. The summed E-state index contributed by atoms with van der Waals surface area (Å²) in [6.07, 6.45) is 13.6. The highest BCUT2D eigenvalue weighted by molar-refractivity contribution is 6.01. The van der Waals surface area contributed by atoms with E-state index in [4.69, 9.17) is 0 Å². The van der Waals surface area contributed by atoms with Gasteiger partial charge in [-0.05, 0) is 119 Å². The van der Waals surface area contributed by atoms with Crippen LogP contribution >= 0.6 is 0 Å². The Morgan fingerprint density at radius 1 is 0.793 bits per heavy atom. The molecule has 0 bridgehead atoms. The number of likely N-dealkylation sites (tertiary alicyclic amines) is 1. The molecule has 3 aromatic rings. The fraction of sp³-hybridized carbons (Fsp3) is 0.545. The van der Waals surface area contributed by atoms with Crippen molar-refractivity contribution in [1.29, 1.82) is 0 Å². The average molecular weight is 797 g/mol. The van der Waals surface area contributed by atoms with Crippen molar-refractivity contribution < 1.29 is 28.0 Å². The van der Waals surface area contributed by atoms with Crippen molar-refractivity contribution >= 4 is 41.0 Å². The quantitative estimate of drug-likeness (QED) is 0.167. The van der Waals surface area contributed by atoms with Gasteiger partial charge in [0, 0.05) is 48.4 Å². The molecule has 2 aromatic carbocycles. The van der Waals surface area contributed by atoms with Crippen LogP contribution in [0.2, 0.25) is 0 Å². The summed E-state index contributed by atoms with van der Waals surface area (Å²) in [6.45, 7) is 2.08. The highest BCUT2D eigenvalue weighted by atomic mass is 19.1. The van der Waals surface area contributed by atoms with E-state index < -0.39 is 23.3 Å². The minimum absolute atomic E-state index is 0.0314. The van der Waals surface area contributed by atoms with Crippen LogP contribution in [0, 0.1) is 11.6 Å². The Bertz CT molecular complexity index is 2010. The first kappa shape index (κ1) is 39.8. The van der Waals surface area contributed by atoms with E-state index in [9.17, 15) is 19.2 Å². The van der Waals surface area contributed by atoms with E-state index in [1.165, 1.54) is 12.3 Å². The number of carbonyl (C=O) groups is 4. The van der Waals surface area contributed by atoms with E-state index in [1.807, 2.05) is 18.2 Å². The second kappa shape index (κ2) is 17.5. The Hall–Kier alpha value is -4.98. The lowest BCUT2D eigenvalue weighted by Crippen LogP contribution is -2.62. The summed E-state index contributed by atoms with van der Waals surface area (Å²) < 4.78 is 30.6. The second-order valence-corrected chi connectivity index (χ2v) is 16.8. The second-order valence-electron chi connectivity index (χ2n) is 16.8. The molecular formula is C44H54F2N8O4. The van der Waals surface area contributed by atoms with Crippen molar-refractivity contribution in [2.24, 2.45) is 0 Å². The van der Waals surface area contributed by atoms with E-state index in [1.54, 1.807) is 23.1 Å². The van der Waals surface area contributed by atoms with Crippen molar-refractivity contribution in [3.05, 3.63) is 65.9 Å². The molecule has 3 saturated heterocycles. The minimum atomic E-state index is -0.574. The number of benzene rings is 2. The summed E-state index contributed by atoms with van der Waals surface area (Å²) >= 11 is 0. The van der Waals surface area contributed by atoms with Crippen LogP contribution < -0.4 is 26.2 Å². The number of rotatable bonds is 10. The third-order valence-electron chi connectivity index (χ3n) is 13.1. The molecule has 5 fully saturated rings. The third kappa shape index (κ3) is 8.72. The Morgan fingerprint density at radius 3 is 2.31 bits per heavy atom. The van der Waals surface area contributed by atoms with Gasteiger partial charge in [0.15, 0.2) is 5.82 Å². The Morgan fingerprint density at radius 2 is 1.57 bits per heavy atom. The van der Waals surface area contributed by atoms with E-state index in [2.05, 4.69) is 36.1 Å². The highest BCUT2D eigenvalue weighted by Crippen LogP contribution is 2.40. The van der Waals surface area contributed by atoms with Crippen LogP contribution in [-0.4, -0.2) is 81.8 Å². The molecule has 4 amide bonds. The number of amides is 4. The van der Waals surface area contributed by atoms with Crippen molar-refractivity contribution in [2.45, 2.75) is 132 Å². The first-order chi connectivity index (χ1) is 28.1. The normalized spacial score (nSPS) is 24.6. The number of piperidine rings is 3. The monoisotopic (exact) mass is 796 g/mol. The molecule has 1 atom stereocenters. The van der Waals surface area contributed by atoms with Crippen molar-refractivity contribution in [3.63, 3.8) is 0 Å². The highest BCUT2D eigenvalue weighted by Gasteiger charge is 2.46. The van der Waals surface area contributed by atoms with Crippen LogP contribution in [0.3, 0.4) is 0 Å². The zero-order valence-electron chi connectivity index (χ0n) is 33.0. The van der Waals surface area contributed by atoms with Gasteiger partial charge >= 0.3 is 0 Å². The average Bonchev–Trinajstić information content (AvgIpc) is 3.24. The number of hydrogen-bond donors (Lipinski definition) is 4. The topological polar surface area (TPSA) is 149 Å². The van der Waals surface area contributed by atoms with Gasteiger partial charge in [-0.2, -0.15) is 0 Å². The number of halogens is 2. The number of imide groups is 1. The van der Waals surface area contributed by atoms with Gasteiger partial charge in [-0.15, -0.1) is 0 Å². The summed E-state index contributed by atoms with van der Waals surface area (Å²) in [5, 5.41) is 12.3. The van der Waals surface area contributed by atoms with Crippen LogP contribution in [0.4, 0.5) is 26.1 Å². The molecule has 4 heterocycles. The maximum atomic E-state index is 15.5. The predicted molar refractivity (Wildman–Crippen MR) is 217 cm³/mol. The Balaban J connectivity index is 0.847. The Labute approximate surface area is 338 Å². The van der Waals surface area contributed by atoms with E-state index in [-0.39, 0.29) is 53.7 Å². The summed E-state index contributed by atoms with van der Waals surface area (Å²) in [6, 6.07) is 11.9. The number of carbonyl (C=O) groups excluding carboxylic acids is 4. The van der Waals surface area contributed by atoms with Crippen molar-refractivity contribution in [2.75, 3.05) is 35.2 Å². The molecule has 8 rings (SSSR count). The summed E-state index contributed by atoms with van der Waals surface area (Å²) in [5.74, 6) is -0.945. The molecule has 5 aliphatic rings. The lowest BCUT2D eigenvalue weighted by atomic mass is 9.76. The predicted octanol–water partition coefficient (Wildman–Crippen LogP) is 6.58. The standard InChI is InChI=1S/C44H54F2N8O4/c45-35-26-32(48-37-16-17-38(55)51-41(37)57)14-15-34(35)28-18-23-53(24-19-28)44(20-3-1-4-21-44)42(58)49-30-10-12-31(13-11-30)50-43-47-27-36(46)40(52-43)29-7-6-8-33(25-29)54-22-5-2-9-39(54)56/h6-8,14-15,25-28,30-31,37,48H,1-5,9-13,16-24H2,(H,49,58)(H,47,50,52)(H,51,55,57)/t30?,31?,37-/m0/s1. The van der Waals surface area contributed by atoms with Gasteiger partial charge in [-0.25, -0.2) is 18.7 Å². The number of anilines is 3. The first-order valence-electron chi connectivity index (χ1n) is 21.3. The molecule has 2 aliphatic carbocycles. The SMILES string of the molecule is O=C1CC[C@H](Nc2ccc(C3CCN(C4(C(=O)NC5CCC(Nc6ncc(F)c(-c7cccc(N8CCCCC8=O)c7)n6)CC5)CCCCC4)CC3)c(F)c2)C(=O)N1. The van der Waals surface area contributed by atoms with Crippen molar-refractivity contribution in [1.82, 2.24) is 25.5 Å². The van der Waals surface area contributed by atoms with Gasteiger partial charge < -0.3 is 20.9 Å². The van der Waals surface area contributed by atoms with Crippen LogP contribution in [0.25, 0.3) is 11.3 Å². The minimum Gasteiger partial charge on any atom is -0.374 e. The van der Waals surface area contributed by atoms with Crippen LogP contribution in [0.15, 0.2) is 48.7 Å². The molecule has 3 aliphatic heterocycles. The van der Waals surface area contributed by atoms with Crippen LogP contribution in [0.1, 0.15) is 114 Å². The van der Waals surface area contributed by atoms with Gasteiger partial charge in [-0.1, -0.05) is 37.5 Å². The van der Waals surface area contributed by atoms with E-state index in [0.717, 1.165) is 89.2 Å². The molecule has 0 unspecified atom stereocenters. The lowest BCUT2D eigenvalue weighted by molar-refractivity contribution is -0.138. The lowest BCUT2D eigenvalue weighted by Gasteiger charge is -2.48. The van der Waals surface area contributed by atoms with Crippen LogP contribution in [0.5, 0.6) is 0 Å². The molecule has 14 heteroatoms. The maximum Gasteiger partial charge on any atom is 0.249 e. The molecule has 4 N–H and O–H groups in total. The van der Waals surface area contributed by atoms with Crippen molar-refractivity contribution in [3.8, 4) is 11.3 Å². The maximum absolute atomic E-state index is 15.5. The van der Waals surface area contributed by atoms with Crippen LogP contribution in [-0.2, 0) is 19.2 Å². The number of hydrogen-bond acceptors (Lipinski definition) is 9. The molecular weight excluding hydrogens is 743 g/mol. The molecule has 58 heavy (non-hydrogen) atoms. The molecule has 0 radical (unpaired) electrons. The number of nitrogens with zero attached hydrogens (tertiary/aromatic N) is 4.